The Labute approximate surface area is 127 Å². The van der Waals surface area contributed by atoms with Gasteiger partial charge < -0.3 is 0 Å². The van der Waals surface area contributed by atoms with Crippen molar-refractivity contribution in [1.29, 1.82) is 0 Å². The van der Waals surface area contributed by atoms with E-state index in [1.165, 1.54) is 0 Å². The quantitative estimate of drug-likeness (QED) is 0.604. The molecule has 7 heteroatoms. The molecule has 1 unspecified atom stereocenters. The van der Waals surface area contributed by atoms with Gasteiger partial charge in [0.15, 0.2) is 0 Å². The van der Waals surface area contributed by atoms with Crippen molar-refractivity contribution < 1.29 is 0 Å². The molecule has 3 N–H and O–H groups in total. The van der Waals surface area contributed by atoms with Crippen LogP contribution in [0.5, 0.6) is 0 Å². The molecule has 0 fully saturated rings. The fourth-order valence-corrected chi connectivity index (χ4v) is 3.97. The Kier molecular flexibility index (Phi) is 4.97. The Morgan fingerprint density at radius 3 is 2.89 bits per heavy atom. The zero-order chi connectivity index (χ0) is 13.1. The molecule has 0 amide bonds. The molecule has 0 aliphatic rings. The zero-order valence-electron chi connectivity index (χ0n) is 9.86. The summed E-state index contributed by atoms with van der Waals surface area (Å²) in [6.45, 7) is 3.03. The highest BCUT2D eigenvalue weighted by Crippen LogP contribution is 2.37. The van der Waals surface area contributed by atoms with E-state index in [1.54, 1.807) is 11.3 Å². The van der Waals surface area contributed by atoms with Crippen LogP contribution in [0, 0.1) is 0 Å². The minimum Gasteiger partial charge on any atom is -0.270 e. The summed E-state index contributed by atoms with van der Waals surface area (Å²) in [5.74, 6) is 5.71. The van der Waals surface area contributed by atoms with E-state index in [-0.39, 0.29) is 6.04 Å². The number of aryl methyl sites for hydroxylation is 1. The minimum atomic E-state index is -0.0355. The van der Waals surface area contributed by atoms with Crippen molar-refractivity contribution >= 4 is 43.2 Å². The first-order valence-electron chi connectivity index (χ1n) is 5.60. The lowest BCUT2D eigenvalue weighted by Crippen LogP contribution is -2.30. The maximum atomic E-state index is 5.71. The molecule has 0 aliphatic carbocycles. The van der Waals surface area contributed by atoms with Crippen LogP contribution < -0.4 is 11.3 Å². The van der Waals surface area contributed by atoms with Crippen molar-refractivity contribution in [3.63, 3.8) is 0 Å². The van der Waals surface area contributed by atoms with Crippen molar-refractivity contribution in [1.82, 2.24) is 15.2 Å². The van der Waals surface area contributed by atoms with E-state index in [9.17, 15) is 0 Å². The first kappa shape index (κ1) is 14.2. The van der Waals surface area contributed by atoms with Crippen LogP contribution in [-0.4, -0.2) is 9.78 Å². The lowest BCUT2D eigenvalue weighted by molar-refractivity contribution is 0.524. The van der Waals surface area contributed by atoms with Crippen molar-refractivity contribution in [2.45, 2.75) is 25.9 Å². The van der Waals surface area contributed by atoms with Crippen LogP contribution in [-0.2, 0) is 6.54 Å². The van der Waals surface area contributed by atoms with E-state index in [0.29, 0.717) is 0 Å². The molecule has 0 bridgehead atoms. The van der Waals surface area contributed by atoms with Crippen molar-refractivity contribution in [2.75, 3.05) is 0 Å². The summed E-state index contributed by atoms with van der Waals surface area (Å²) in [6.07, 6.45) is 2.86. The number of hydrogen-bond acceptors (Lipinski definition) is 4. The Morgan fingerprint density at radius 1 is 1.56 bits per heavy atom. The lowest BCUT2D eigenvalue weighted by atomic mass is 10.2. The summed E-state index contributed by atoms with van der Waals surface area (Å²) < 4.78 is 4.11. The van der Waals surface area contributed by atoms with Crippen LogP contribution >= 0.6 is 43.2 Å². The molecule has 0 radical (unpaired) electrons. The maximum absolute atomic E-state index is 5.71. The SMILES string of the molecule is CCCn1nccc1C(NN)c1cc(Br)c(Br)s1. The van der Waals surface area contributed by atoms with Crippen LogP contribution in [0.4, 0.5) is 0 Å². The average molecular weight is 394 g/mol. The number of hydrogen-bond donors (Lipinski definition) is 2. The second kappa shape index (κ2) is 6.29. The molecule has 4 nitrogen and oxygen atoms in total. The van der Waals surface area contributed by atoms with Gasteiger partial charge in [-0.05, 0) is 50.4 Å². The number of aromatic nitrogens is 2. The number of halogens is 2. The zero-order valence-corrected chi connectivity index (χ0v) is 13.8. The van der Waals surface area contributed by atoms with Crippen molar-refractivity contribution in [2.24, 2.45) is 5.84 Å². The number of thiophene rings is 1. The van der Waals surface area contributed by atoms with Crippen molar-refractivity contribution in [3.8, 4) is 0 Å². The van der Waals surface area contributed by atoms with Gasteiger partial charge in [0.05, 0.1) is 15.5 Å². The average Bonchev–Trinajstić information content (AvgIpc) is 2.90. The second-order valence-corrected chi connectivity index (χ2v) is 7.11. The van der Waals surface area contributed by atoms with Gasteiger partial charge in [-0.2, -0.15) is 5.10 Å². The fourth-order valence-electron chi connectivity index (χ4n) is 1.81. The van der Waals surface area contributed by atoms with E-state index in [0.717, 1.165) is 31.8 Å². The van der Waals surface area contributed by atoms with Crippen LogP contribution in [0.2, 0.25) is 0 Å². The largest absolute Gasteiger partial charge is 0.270 e. The lowest BCUT2D eigenvalue weighted by Gasteiger charge is -2.16. The third-order valence-corrected chi connectivity index (χ3v) is 5.92. The molecular formula is C11H14Br2N4S. The number of rotatable bonds is 5. The molecule has 2 rings (SSSR count). The molecule has 0 saturated heterocycles. The third kappa shape index (κ3) is 2.85. The first-order chi connectivity index (χ1) is 8.67. The van der Waals surface area contributed by atoms with Gasteiger partial charge in [0.25, 0.3) is 0 Å². The Hall–Kier alpha value is -0.210. The van der Waals surface area contributed by atoms with Gasteiger partial charge in [0.1, 0.15) is 0 Å². The van der Waals surface area contributed by atoms with Gasteiger partial charge in [-0.15, -0.1) is 11.3 Å². The monoisotopic (exact) mass is 392 g/mol. The van der Waals surface area contributed by atoms with Gasteiger partial charge >= 0.3 is 0 Å². The normalized spacial score (nSPS) is 12.9. The van der Waals surface area contributed by atoms with Crippen LogP contribution in [0.1, 0.15) is 30.0 Å². The predicted octanol–water partition coefficient (Wildman–Crippen LogP) is 3.43. The maximum Gasteiger partial charge on any atom is 0.0970 e. The van der Waals surface area contributed by atoms with E-state index in [1.807, 2.05) is 16.9 Å². The Morgan fingerprint density at radius 2 is 2.33 bits per heavy atom. The summed E-state index contributed by atoms with van der Waals surface area (Å²) in [4.78, 5) is 1.15. The summed E-state index contributed by atoms with van der Waals surface area (Å²) in [6, 6.07) is 4.04. The van der Waals surface area contributed by atoms with Crippen LogP contribution in [0.15, 0.2) is 26.6 Å². The Bertz CT molecular complexity index is 503. The molecule has 2 aromatic rings. The molecule has 18 heavy (non-hydrogen) atoms. The number of nitrogens with zero attached hydrogens (tertiary/aromatic N) is 2. The smallest absolute Gasteiger partial charge is 0.0970 e. The molecule has 2 heterocycles. The highest BCUT2D eigenvalue weighted by molar-refractivity contribution is 9.13. The van der Waals surface area contributed by atoms with Gasteiger partial charge in [-0.1, -0.05) is 6.92 Å². The molecule has 2 aromatic heterocycles. The summed E-state index contributed by atoms with van der Waals surface area (Å²) in [7, 11) is 0. The molecule has 0 saturated carbocycles. The summed E-state index contributed by atoms with van der Waals surface area (Å²) in [5, 5.41) is 4.33. The van der Waals surface area contributed by atoms with E-state index in [2.05, 4.69) is 55.4 Å². The van der Waals surface area contributed by atoms with Gasteiger partial charge in [-0.3, -0.25) is 10.5 Å². The van der Waals surface area contributed by atoms with E-state index in [4.69, 9.17) is 5.84 Å². The van der Waals surface area contributed by atoms with Gasteiger partial charge in [-0.25, -0.2) is 5.43 Å². The molecule has 0 aliphatic heterocycles. The highest BCUT2D eigenvalue weighted by Gasteiger charge is 2.20. The summed E-state index contributed by atoms with van der Waals surface area (Å²) >= 11 is 8.66. The highest BCUT2D eigenvalue weighted by atomic mass is 79.9. The molecule has 98 valence electrons. The van der Waals surface area contributed by atoms with E-state index < -0.39 is 0 Å². The van der Waals surface area contributed by atoms with Crippen molar-refractivity contribution in [3.05, 3.63) is 37.2 Å². The van der Waals surface area contributed by atoms with Crippen LogP contribution in [0.3, 0.4) is 0 Å². The van der Waals surface area contributed by atoms with Crippen LogP contribution in [0.25, 0.3) is 0 Å². The standard InChI is InChI=1S/C11H14Br2N4S/c1-2-5-17-8(3-4-15-17)10(16-14)9-6-7(12)11(13)18-9/h3-4,6,10,16H,2,5,14H2,1H3. The second-order valence-electron chi connectivity index (χ2n) is 3.85. The number of nitrogens with two attached hydrogens (primary N) is 1. The summed E-state index contributed by atoms with van der Waals surface area (Å²) in [5.41, 5.74) is 3.95. The topological polar surface area (TPSA) is 55.9 Å². The number of hydrazine groups is 1. The predicted molar refractivity (Wildman–Crippen MR) is 81.4 cm³/mol. The van der Waals surface area contributed by atoms with Gasteiger partial charge in [0, 0.05) is 22.1 Å². The Balaban J connectivity index is 2.35. The number of nitrogens with one attached hydrogen (secondary N) is 1. The third-order valence-electron chi connectivity index (χ3n) is 2.60. The molecule has 0 aromatic carbocycles. The minimum absolute atomic E-state index is 0.0355. The first-order valence-corrected chi connectivity index (χ1v) is 8.00. The molecule has 0 spiro atoms. The fraction of sp³-hybridized carbons (Fsp3) is 0.364. The molecular weight excluding hydrogens is 380 g/mol. The molecule has 1 atom stereocenters. The van der Waals surface area contributed by atoms with E-state index >= 15 is 0 Å². The van der Waals surface area contributed by atoms with Gasteiger partial charge in [0.2, 0.25) is 0 Å².